The van der Waals surface area contributed by atoms with Crippen LogP contribution in [0.5, 0.6) is 5.75 Å². The summed E-state index contributed by atoms with van der Waals surface area (Å²) in [6.45, 7) is 0.228. The van der Waals surface area contributed by atoms with Crippen LogP contribution in [0, 0.1) is 0 Å². The summed E-state index contributed by atoms with van der Waals surface area (Å²) in [7, 11) is 3.09. The number of hydrogen-bond donors (Lipinski definition) is 2. The number of esters is 1. The molecule has 3 aromatic rings. The van der Waals surface area contributed by atoms with Gasteiger partial charge in [-0.2, -0.15) is 0 Å². The van der Waals surface area contributed by atoms with Crippen LogP contribution in [0.3, 0.4) is 0 Å². The van der Waals surface area contributed by atoms with Gasteiger partial charge < -0.3 is 14.8 Å². The van der Waals surface area contributed by atoms with Crippen molar-refractivity contribution in [2.75, 3.05) is 26.1 Å². The van der Waals surface area contributed by atoms with Gasteiger partial charge in [0.15, 0.2) is 12.7 Å². The zero-order chi connectivity index (χ0) is 21.1. The lowest BCUT2D eigenvalue weighted by atomic mass is 9.91. The van der Waals surface area contributed by atoms with Gasteiger partial charge in [-0.3, -0.25) is 4.90 Å². The van der Waals surface area contributed by atoms with Crippen LogP contribution in [0.1, 0.15) is 28.9 Å². The molecule has 0 aliphatic carbocycles. The fraction of sp³-hybridized carbons (Fsp3) is 0.208. The minimum atomic E-state index is -0.246. The Kier molecular flexibility index (Phi) is 6.06. The van der Waals surface area contributed by atoms with Gasteiger partial charge in [0.05, 0.1) is 14.2 Å². The van der Waals surface area contributed by atoms with Gasteiger partial charge >= 0.3 is 5.97 Å². The zero-order valence-corrected chi connectivity index (χ0v) is 18.5. The molecule has 1 aliphatic heterocycles. The lowest BCUT2D eigenvalue weighted by molar-refractivity contribution is -0.947. The quantitative estimate of drug-likeness (QED) is 0.561. The Morgan fingerprint density at radius 1 is 1.00 bits per heavy atom. The van der Waals surface area contributed by atoms with E-state index < -0.39 is 0 Å². The fourth-order valence-electron chi connectivity index (χ4n) is 4.09. The van der Waals surface area contributed by atoms with Gasteiger partial charge in [-0.05, 0) is 42.5 Å². The molecule has 0 radical (unpaired) electrons. The Hall–Kier alpha value is -2.83. The number of carbonyl (C=O) groups excluding carboxylic acids is 1. The van der Waals surface area contributed by atoms with Gasteiger partial charge in [-0.1, -0.05) is 46.3 Å². The third kappa shape index (κ3) is 4.06. The second kappa shape index (κ2) is 8.90. The molecule has 0 aromatic heterocycles. The minimum Gasteiger partial charge on any atom is -0.497 e. The van der Waals surface area contributed by atoms with Gasteiger partial charge in [-0.15, -0.1) is 0 Å². The van der Waals surface area contributed by atoms with Crippen molar-refractivity contribution in [3.8, 4) is 5.75 Å². The van der Waals surface area contributed by atoms with Crippen LogP contribution in [0.2, 0.25) is 0 Å². The number of benzene rings is 3. The van der Waals surface area contributed by atoms with E-state index in [0.29, 0.717) is 0 Å². The first-order valence-corrected chi connectivity index (χ1v) is 10.6. The SMILES string of the molecule is COC(=O)C[NH+]1[C@@H](c2ccccc2)c2cc(Br)ccc2N[C@@H]1c1ccc(OC)cc1. The number of hydrogen-bond acceptors (Lipinski definition) is 4. The first kappa shape index (κ1) is 20.4. The number of quaternary nitrogens is 1. The molecule has 2 N–H and O–H groups in total. The first-order chi connectivity index (χ1) is 14.6. The Bertz CT molecular complexity index is 1020. The number of halogens is 1. The van der Waals surface area contributed by atoms with Crippen LogP contribution in [-0.4, -0.2) is 26.7 Å². The van der Waals surface area contributed by atoms with Crippen molar-refractivity contribution in [1.29, 1.82) is 0 Å². The van der Waals surface area contributed by atoms with E-state index in [2.05, 4.69) is 45.5 Å². The zero-order valence-electron chi connectivity index (χ0n) is 16.9. The van der Waals surface area contributed by atoms with Gasteiger partial charge in [0.25, 0.3) is 0 Å². The topological polar surface area (TPSA) is 52.0 Å². The van der Waals surface area contributed by atoms with Crippen molar-refractivity contribution < 1.29 is 19.2 Å². The fourth-order valence-corrected chi connectivity index (χ4v) is 4.47. The average molecular weight is 468 g/mol. The summed E-state index contributed by atoms with van der Waals surface area (Å²) in [6, 6.07) is 24.5. The van der Waals surface area contributed by atoms with Crippen molar-refractivity contribution in [3.05, 3.63) is 94.0 Å². The molecule has 1 aliphatic rings. The monoisotopic (exact) mass is 467 g/mol. The van der Waals surface area contributed by atoms with E-state index >= 15 is 0 Å². The highest BCUT2D eigenvalue weighted by Gasteiger charge is 2.41. The summed E-state index contributed by atoms with van der Waals surface area (Å²) in [5.74, 6) is 0.553. The highest BCUT2D eigenvalue weighted by Crippen LogP contribution is 2.35. The highest BCUT2D eigenvalue weighted by atomic mass is 79.9. The summed E-state index contributed by atoms with van der Waals surface area (Å²) in [5, 5.41) is 3.65. The van der Waals surface area contributed by atoms with Crippen molar-refractivity contribution in [2.45, 2.75) is 12.2 Å². The Labute approximate surface area is 184 Å². The number of carbonyl (C=O) groups is 1. The molecule has 6 heteroatoms. The molecular formula is C24H24BrN2O3+. The van der Waals surface area contributed by atoms with Crippen molar-refractivity contribution >= 4 is 27.6 Å². The highest BCUT2D eigenvalue weighted by molar-refractivity contribution is 9.10. The predicted octanol–water partition coefficient (Wildman–Crippen LogP) is 3.73. The van der Waals surface area contributed by atoms with E-state index in [-0.39, 0.29) is 24.7 Å². The first-order valence-electron chi connectivity index (χ1n) is 9.78. The maximum atomic E-state index is 12.4. The van der Waals surface area contributed by atoms with Crippen molar-refractivity contribution in [2.24, 2.45) is 0 Å². The minimum absolute atomic E-state index is 0.0360. The molecule has 1 unspecified atom stereocenters. The van der Waals surface area contributed by atoms with Gasteiger partial charge in [-0.25, -0.2) is 4.79 Å². The number of ether oxygens (including phenoxy) is 2. The number of nitrogens with one attached hydrogen (secondary N) is 2. The lowest BCUT2D eigenvalue weighted by Crippen LogP contribution is -3.15. The van der Waals surface area contributed by atoms with Crippen LogP contribution < -0.4 is 15.0 Å². The van der Waals surface area contributed by atoms with Crippen LogP contribution in [0.4, 0.5) is 5.69 Å². The van der Waals surface area contributed by atoms with Crippen LogP contribution >= 0.6 is 15.9 Å². The molecule has 0 saturated carbocycles. The smallest absolute Gasteiger partial charge is 0.361 e. The second-order valence-electron chi connectivity index (χ2n) is 7.25. The largest absolute Gasteiger partial charge is 0.497 e. The maximum Gasteiger partial charge on any atom is 0.361 e. The molecule has 30 heavy (non-hydrogen) atoms. The molecule has 0 saturated heterocycles. The van der Waals surface area contributed by atoms with Gasteiger partial charge in [0.2, 0.25) is 0 Å². The van der Waals surface area contributed by atoms with E-state index in [1.165, 1.54) is 7.11 Å². The van der Waals surface area contributed by atoms with Crippen LogP contribution in [-0.2, 0) is 9.53 Å². The molecule has 1 heterocycles. The number of fused-ring (bicyclic) bond motifs is 1. The van der Waals surface area contributed by atoms with Crippen LogP contribution in [0.15, 0.2) is 77.3 Å². The summed E-state index contributed by atoms with van der Waals surface area (Å²) >= 11 is 3.61. The Balaban J connectivity index is 1.86. The Morgan fingerprint density at radius 2 is 1.73 bits per heavy atom. The van der Waals surface area contributed by atoms with Gasteiger partial charge in [0.1, 0.15) is 11.8 Å². The summed E-state index contributed by atoms with van der Waals surface area (Å²) in [5.41, 5.74) is 4.42. The summed E-state index contributed by atoms with van der Waals surface area (Å²) < 4.78 is 11.4. The molecule has 0 bridgehead atoms. The van der Waals surface area contributed by atoms with Gasteiger partial charge in [0, 0.05) is 26.9 Å². The number of rotatable bonds is 5. The molecule has 3 aromatic carbocycles. The van der Waals surface area contributed by atoms with Crippen molar-refractivity contribution in [1.82, 2.24) is 0 Å². The number of anilines is 1. The third-order valence-electron chi connectivity index (χ3n) is 5.52. The standard InChI is InChI=1S/C24H23BrN2O3/c1-29-19-11-8-17(9-12-19)24-26-21-13-10-18(25)14-20(21)23(16-6-4-3-5-7-16)27(24)15-22(28)30-2/h3-14,23-24,26H,15H2,1-2H3/p+1/t23-,24-/m0/s1. The lowest BCUT2D eigenvalue weighted by Gasteiger charge is -2.41. The van der Waals surface area contributed by atoms with E-state index in [9.17, 15) is 4.79 Å². The molecule has 0 fully saturated rings. The molecule has 4 rings (SSSR count). The van der Waals surface area contributed by atoms with Crippen molar-refractivity contribution in [3.63, 3.8) is 0 Å². The molecule has 0 spiro atoms. The van der Waals surface area contributed by atoms with Crippen LogP contribution in [0.25, 0.3) is 0 Å². The average Bonchev–Trinajstić information content (AvgIpc) is 2.79. The predicted molar refractivity (Wildman–Crippen MR) is 120 cm³/mol. The van der Waals surface area contributed by atoms with E-state index in [1.54, 1.807) is 7.11 Å². The molecule has 5 nitrogen and oxygen atoms in total. The van der Waals surface area contributed by atoms with E-state index in [1.807, 2.05) is 48.5 Å². The molecule has 0 amide bonds. The second-order valence-corrected chi connectivity index (χ2v) is 8.17. The normalized spacial score (nSPS) is 20.0. The maximum absolute atomic E-state index is 12.4. The summed E-state index contributed by atoms with van der Waals surface area (Å²) in [4.78, 5) is 13.5. The summed E-state index contributed by atoms with van der Waals surface area (Å²) in [6.07, 6.45) is -0.131. The molecule has 3 atom stereocenters. The third-order valence-corrected chi connectivity index (χ3v) is 6.02. The number of methoxy groups -OCH3 is 2. The van der Waals surface area contributed by atoms with E-state index in [0.717, 1.165) is 37.5 Å². The van der Waals surface area contributed by atoms with E-state index in [4.69, 9.17) is 9.47 Å². The Morgan fingerprint density at radius 3 is 2.40 bits per heavy atom. The molecular weight excluding hydrogens is 444 g/mol. The molecule has 154 valence electrons.